The van der Waals surface area contributed by atoms with Gasteiger partial charge in [0.2, 0.25) is 0 Å². The van der Waals surface area contributed by atoms with Crippen LogP contribution in [0, 0.1) is 20.8 Å². The number of carbonyl (C=O) groups is 1. The first-order chi connectivity index (χ1) is 12.9. The first kappa shape index (κ1) is 18.2. The van der Waals surface area contributed by atoms with Gasteiger partial charge in [-0.3, -0.25) is 4.79 Å². The van der Waals surface area contributed by atoms with Crippen LogP contribution in [0.4, 0.5) is 5.82 Å². The van der Waals surface area contributed by atoms with E-state index in [0.717, 1.165) is 11.1 Å². The van der Waals surface area contributed by atoms with Crippen molar-refractivity contribution >= 4 is 17.9 Å². The van der Waals surface area contributed by atoms with Gasteiger partial charge in [-0.1, -0.05) is 35.0 Å². The number of aromatic nitrogens is 5. The molecule has 27 heavy (non-hydrogen) atoms. The molecule has 138 valence electrons. The summed E-state index contributed by atoms with van der Waals surface area (Å²) in [7, 11) is 0. The molecule has 2 aromatic heterocycles. The molecule has 9 heteroatoms. The molecule has 3 rings (SSSR count). The second kappa shape index (κ2) is 7.73. The van der Waals surface area contributed by atoms with Gasteiger partial charge in [0, 0.05) is 11.8 Å². The molecule has 0 aliphatic rings. The maximum absolute atomic E-state index is 12.3. The second-order valence-corrected chi connectivity index (χ2v) is 6.12. The molecule has 1 aromatic carbocycles. The Bertz CT molecular complexity index is 991. The standard InChI is InChI=1S/C18H20N8O/c1-11-4-6-14(7-5-11)8-21-24-18(27)16-12(2)26(25-23-16)10-15-9-20-13(3)22-17(15)19/h4-9H,10H2,1-3H3,(H,24,27)(H2,19,20,22)/b21-8+. The molecule has 0 fully saturated rings. The maximum Gasteiger partial charge on any atom is 0.293 e. The highest BCUT2D eigenvalue weighted by Crippen LogP contribution is 2.12. The summed E-state index contributed by atoms with van der Waals surface area (Å²) in [6, 6.07) is 7.78. The van der Waals surface area contributed by atoms with Crippen LogP contribution in [-0.4, -0.2) is 37.1 Å². The average molecular weight is 364 g/mol. The minimum absolute atomic E-state index is 0.197. The first-order valence-corrected chi connectivity index (χ1v) is 8.32. The smallest absolute Gasteiger partial charge is 0.293 e. The number of hydrazone groups is 1. The predicted octanol–water partition coefficient (Wildman–Crippen LogP) is 1.39. The normalized spacial score (nSPS) is 11.1. The van der Waals surface area contributed by atoms with Crippen LogP contribution in [0.1, 0.15) is 38.7 Å². The molecule has 0 bridgehead atoms. The Hall–Kier alpha value is -3.62. The molecule has 0 radical (unpaired) electrons. The van der Waals surface area contributed by atoms with Crippen molar-refractivity contribution in [3.63, 3.8) is 0 Å². The van der Waals surface area contributed by atoms with Gasteiger partial charge in [0.05, 0.1) is 18.5 Å². The lowest BCUT2D eigenvalue weighted by molar-refractivity contribution is 0.0949. The number of nitrogen functional groups attached to an aromatic ring is 1. The molecule has 2 heterocycles. The Morgan fingerprint density at radius 3 is 2.70 bits per heavy atom. The fourth-order valence-electron chi connectivity index (χ4n) is 2.39. The van der Waals surface area contributed by atoms with Crippen molar-refractivity contribution in [3.05, 3.63) is 64.4 Å². The predicted molar refractivity (Wildman–Crippen MR) is 101 cm³/mol. The highest BCUT2D eigenvalue weighted by molar-refractivity contribution is 5.93. The van der Waals surface area contributed by atoms with Gasteiger partial charge in [0.15, 0.2) is 5.69 Å². The van der Waals surface area contributed by atoms with Gasteiger partial charge in [0.1, 0.15) is 11.6 Å². The van der Waals surface area contributed by atoms with Crippen molar-refractivity contribution in [2.75, 3.05) is 5.73 Å². The van der Waals surface area contributed by atoms with Crippen LogP contribution in [0.25, 0.3) is 0 Å². The number of amides is 1. The third kappa shape index (κ3) is 4.32. The van der Waals surface area contributed by atoms with Gasteiger partial charge in [-0.25, -0.2) is 20.1 Å². The number of nitrogens with zero attached hydrogens (tertiary/aromatic N) is 6. The topological polar surface area (TPSA) is 124 Å². The van der Waals surface area contributed by atoms with E-state index in [1.165, 1.54) is 0 Å². The molecular weight excluding hydrogens is 344 g/mol. The highest BCUT2D eigenvalue weighted by atomic mass is 16.2. The fourth-order valence-corrected chi connectivity index (χ4v) is 2.39. The van der Waals surface area contributed by atoms with Crippen LogP contribution in [0.15, 0.2) is 35.6 Å². The van der Waals surface area contributed by atoms with Gasteiger partial charge in [-0.15, -0.1) is 5.10 Å². The summed E-state index contributed by atoms with van der Waals surface area (Å²) in [5.74, 6) is 0.541. The van der Waals surface area contributed by atoms with Crippen molar-refractivity contribution in [3.8, 4) is 0 Å². The van der Waals surface area contributed by atoms with E-state index in [1.807, 2.05) is 31.2 Å². The Morgan fingerprint density at radius 2 is 2.00 bits per heavy atom. The lowest BCUT2D eigenvalue weighted by Crippen LogP contribution is -2.19. The summed E-state index contributed by atoms with van der Waals surface area (Å²) in [5.41, 5.74) is 11.9. The largest absolute Gasteiger partial charge is 0.383 e. The maximum atomic E-state index is 12.3. The minimum Gasteiger partial charge on any atom is -0.383 e. The van der Waals surface area contributed by atoms with E-state index in [4.69, 9.17) is 5.73 Å². The van der Waals surface area contributed by atoms with Gasteiger partial charge < -0.3 is 5.73 Å². The van der Waals surface area contributed by atoms with Crippen molar-refractivity contribution < 1.29 is 4.79 Å². The number of carbonyl (C=O) groups excluding carboxylic acids is 1. The monoisotopic (exact) mass is 364 g/mol. The van der Waals surface area contributed by atoms with Crippen molar-refractivity contribution in [1.29, 1.82) is 0 Å². The third-order valence-corrected chi connectivity index (χ3v) is 3.99. The Balaban J connectivity index is 1.68. The summed E-state index contributed by atoms with van der Waals surface area (Å²) in [6.45, 7) is 5.85. The minimum atomic E-state index is -0.435. The van der Waals surface area contributed by atoms with Crippen LogP contribution >= 0.6 is 0 Å². The molecule has 0 aliphatic carbocycles. The Morgan fingerprint density at radius 1 is 1.26 bits per heavy atom. The van der Waals surface area contributed by atoms with E-state index in [2.05, 4.69) is 30.8 Å². The molecule has 0 spiro atoms. The summed E-state index contributed by atoms with van der Waals surface area (Å²) in [4.78, 5) is 20.6. The lowest BCUT2D eigenvalue weighted by Gasteiger charge is -2.06. The van der Waals surface area contributed by atoms with Crippen LogP contribution in [0.5, 0.6) is 0 Å². The molecule has 0 atom stereocenters. The van der Waals surface area contributed by atoms with E-state index < -0.39 is 5.91 Å². The van der Waals surface area contributed by atoms with Gasteiger partial charge in [-0.2, -0.15) is 5.10 Å². The zero-order valence-electron chi connectivity index (χ0n) is 15.3. The number of anilines is 1. The molecular formula is C18H20N8O. The first-order valence-electron chi connectivity index (χ1n) is 8.32. The van der Waals surface area contributed by atoms with Gasteiger partial charge >= 0.3 is 0 Å². The number of rotatable bonds is 5. The summed E-state index contributed by atoms with van der Waals surface area (Å²) < 4.78 is 1.57. The third-order valence-electron chi connectivity index (χ3n) is 3.99. The number of benzene rings is 1. The SMILES string of the molecule is Cc1ccc(/C=N/NC(=O)c2nnn(Cc3cnc(C)nc3N)c2C)cc1. The van der Waals surface area contributed by atoms with E-state index in [9.17, 15) is 4.79 Å². The van der Waals surface area contributed by atoms with Crippen LogP contribution < -0.4 is 11.2 Å². The van der Waals surface area contributed by atoms with E-state index in [0.29, 0.717) is 29.4 Å². The number of aryl methyl sites for hydroxylation is 2. The molecule has 0 aliphatic heterocycles. The van der Waals surface area contributed by atoms with Crippen molar-refractivity contribution in [2.24, 2.45) is 5.10 Å². The number of hydrogen-bond donors (Lipinski definition) is 2. The van der Waals surface area contributed by atoms with Crippen LogP contribution in [0.3, 0.4) is 0 Å². The fraction of sp³-hybridized carbons (Fsp3) is 0.222. The molecule has 0 unspecified atom stereocenters. The molecule has 0 saturated carbocycles. The second-order valence-electron chi connectivity index (χ2n) is 6.12. The molecule has 3 aromatic rings. The summed E-state index contributed by atoms with van der Waals surface area (Å²) in [6.07, 6.45) is 3.21. The molecule has 3 N–H and O–H groups in total. The zero-order valence-corrected chi connectivity index (χ0v) is 15.3. The van der Waals surface area contributed by atoms with Gasteiger partial charge in [-0.05, 0) is 26.3 Å². The zero-order chi connectivity index (χ0) is 19.4. The summed E-state index contributed by atoms with van der Waals surface area (Å²) >= 11 is 0. The molecule has 0 saturated heterocycles. The Labute approximate surface area is 156 Å². The van der Waals surface area contributed by atoms with Crippen LogP contribution in [0.2, 0.25) is 0 Å². The van der Waals surface area contributed by atoms with E-state index in [-0.39, 0.29) is 5.69 Å². The van der Waals surface area contributed by atoms with E-state index >= 15 is 0 Å². The van der Waals surface area contributed by atoms with E-state index in [1.54, 1.807) is 30.9 Å². The quantitative estimate of drug-likeness (QED) is 0.521. The highest BCUT2D eigenvalue weighted by Gasteiger charge is 2.17. The summed E-state index contributed by atoms with van der Waals surface area (Å²) in [5, 5.41) is 11.9. The number of hydrogen-bond acceptors (Lipinski definition) is 7. The van der Waals surface area contributed by atoms with Gasteiger partial charge in [0.25, 0.3) is 5.91 Å². The molecule has 1 amide bonds. The average Bonchev–Trinajstić information content (AvgIpc) is 3.00. The molecule has 9 nitrogen and oxygen atoms in total. The lowest BCUT2D eigenvalue weighted by atomic mass is 10.2. The van der Waals surface area contributed by atoms with Crippen molar-refractivity contribution in [1.82, 2.24) is 30.4 Å². The Kier molecular flexibility index (Phi) is 5.20. The number of nitrogens with one attached hydrogen (secondary N) is 1. The van der Waals surface area contributed by atoms with Crippen LogP contribution in [-0.2, 0) is 6.54 Å². The van der Waals surface area contributed by atoms with Crippen molar-refractivity contribution in [2.45, 2.75) is 27.3 Å². The number of nitrogens with two attached hydrogens (primary N) is 1.